The molecule has 3 nitrogen and oxygen atoms in total. The summed E-state index contributed by atoms with van der Waals surface area (Å²) in [4.78, 5) is 15.5. The van der Waals surface area contributed by atoms with Crippen molar-refractivity contribution < 1.29 is 0 Å². The van der Waals surface area contributed by atoms with Crippen LogP contribution in [0.1, 0.15) is 31.2 Å². The maximum absolute atomic E-state index is 5.25. The van der Waals surface area contributed by atoms with E-state index in [0.717, 1.165) is 35.4 Å². The highest BCUT2D eigenvalue weighted by Gasteiger charge is 2.24. The van der Waals surface area contributed by atoms with Gasteiger partial charge in [0.25, 0.3) is 0 Å². The maximum Gasteiger partial charge on any atom is 0.164 e. The summed E-state index contributed by atoms with van der Waals surface area (Å²) in [7, 11) is 0. The fraction of sp³-hybridized carbons (Fsp3) is 0.0784. The lowest BCUT2D eigenvalue weighted by atomic mass is 9.95. The van der Waals surface area contributed by atoms with Crippen LogP contribution < -0.4 is 9.75 Å². The van der Waals surface area contributed by atoms with Crippen molar-refractivity contribution in [1.29, 1.82) is 0 Å². The van der Waals surface area contributed by atoms with Crippen LogP contribution in [0.15, 0.2) is 170 Å². The van der Waals surface area contributed by atoms with Crippen LogP contribution in [0.3, 0.4) is 0 Å². The van der Waals surface area contributed by atoms with E-state index in [0.29, 0.717) is 11.6 Å². The Labute approximate surface area is 325 Å². The molecular weight excluding hydrogens is 687 g/mol. The zero-order valence-electron chi connectivity index (χ0n) is 30.5. The lowest BCUT2D eigenvalue weighted by molar-refractivity contribution is 0.960. The van der Waals surface area contributed by atoms with E-state index in [4.69, 9.17) is 15.0 Å². The topological polar surface area (TPSA) is 38.7 Å². The Balaban J connectivity index is 1.07. The molecule has 2 aromatic heterocycles. The van der Waals surface area contributed by atoms with E-state index in [-0.39, 0.29) is 5.92 Å². The Kier molecular flexibility index (Phi) is 8.46. The number of rotatable bonds is 7. The summed E-state index contributed by atoms with van der Waals surface area (Å²) in [6, 6.07) is 54.1. The number of hydrogen-bond donors (Lipinski definition) is 0. The second-order valence-electron chi connectivity index (χ2n) is 14.4. The molecule has 262 valence electrons. The van der Waals surface area contributed by atoms with Crippen molar-refractivity contribution in [2.45, 2.75) is 19.8 Å². The third-order valence-corrected chi connectivity index (χ3v) is 11.9. The second-order valence-corrected chi connectivity index (χ2v) is 15.4. The van der Waals surface area contributed by atoms with Crippen LogP contribution in [-0.2, 0) is 0 Å². The molecule has 2 aliphatic carbocycles. The monoisotopic (exact) mass is 723 g/mol. The van der Waals surface area contributed by atoms with Crippen LogP contribution in [0.2, 0.25) is 0 Å². The fourth-order valence-corrected chi connectivity index (χ4v) is 9.17. The third kappa shape index (κ3) is 6.35. The van der Waals surface area contributed by atoms with Crippen molar-refractivity contribution in [3.8, 4) is 56.2 Å². The van der Waals surface area contributed by atoms with Crippen molar-refractivity contribution in [3.05, 3.63) is 191 Å². The summed E-state index contributed by atoms with van der Waals surface area (Å²) in [5.74, 6) is 2.24. The number of nitrogens with zero attached hydrogens (tertiary/aromatic N) is 3. The maximum atomic E-state index is 5.25. The normalized spacial score (nSPS) is 14.8. The molecule has 1 unspecified atom stereocenters. The van der Waals surface area contributed by atoms with E-state index in [1.807, 2.05) is 29.5 Å². The van der Waals surface area contributed by atoms with E-state index in [9.17, 15) is 0 Å². The predicted molar refractivity (Wildman–Crippen MR) is 231 cm³/mol. The molecule has 0 N–H and O–H groups in total. The number of fused-ring (bicyclic) bond motifs is 3. The van der Waals surface area contributed by atoms with Crippen LogP contribution in [0.4, 0.5) is 0 Å². The molecule has 8 aromatic rings. The van der Waals surface area contributed by atoms with Crippen LogP contribution in [0, 0.1) is 5.92 Å². The molecule has 6 aromatic carbocycles. The quantitative estimate of drug-likeness (QED) is 0.164. The van der Waals surface area contributed by atoms with Crippen LogP contribution in [-0.4, -0.2) is 15.0 Å². The molecule has 1 atom stereocenters. The van der Waals surface area contributed by atoms with Gasteiger partial charge in [-0.15, -0.1) is 11.3 Å². The number of allylic oxidation sites excluding steroid dienone is 4. The Bertz CT molecular complexity index is 2900. The first-order valence-electron chi connectivity index (χ1n) is 19.0. The average molecular weight is 724 g/mol. The van der Waals surface area contributed by atoms with Crippen molar-refractivity contribution in [3.63, 3.8) is 0 Å². The minimum atomic E-state index is 0.153. The Morgan fingerprint density at radius 3 is 1.71 bits per heavy atom. The largest absolute Gasteiger partial charge is 0.208 e. The van der Waals surface area contributed by atoms with Gasteiger partial charge in [0.1, 0.15) is 0 Å². The zero-order valence-corrected chi connectivity index (χ0v) is 31.3. The first kappa shape index (κ1) is 33.1. The molecule has 0 saturated carbocycles. The number of thiophene rings is 1. The summed E-state index contributed by atoms with van der Waals surface area (Å²) in [6.07, 6.45) is 11.2. The van der Waals surface area contributed by atoms with Gasteiger partial charge in [-0.05, 0) is 75.6 Å². The number of aromatic nitrogens is 3. The van der Waals surface area contributed by atoms with Gasteiger partial charge in [-0.3, -0.25) is 0 Å². The van der Waals surface area contributed by atoms with Gasteiger partial charge < -0.3 is 0 Å². The summed E-state index contributed by atoms with van der Waals surface area (Å²) >= 11 is 1.85. The van der Waals surface area contributed by atoms with Crippen molar-refractivity contribution in [1.82, 2.24) is 15.0 Å². The SMILES string of the molecule is CC1C=c2sc3ccc(-c4cccc(-c5ccccc5)c4)cc3c2=C1c1nc(-c2ccccc2)nc(-c2ccc(-c3ccc(C4=CC=CCC4)cc3)cc2)n1. The molecule has 0 fully saturated rings. The molecule has 0 saturated heterocycles. The molecule has 0 aliphatic heterocycles. The highest BCUT2D eigenvalue weighted by atomic mass is 32.1. The first-order chi connectivity index (χ1) is 27.1. The molecule has 10 rings (SSSR count). The first-order valence-corrected chi connectivity index (χ1v) is 19.8. The van der Waals surface area contributed by atoms with Gasteiger partial charge in [0.05, 0.1) is 0 Å². The summed E-state index contributed by atoms with van der Waals surface area (Å²) < 4.78 is 2.55. The molecule has 0 spiro atoms. The molecule has 0 bridgehead atoms. The van der Waals surface area contributed by atoms with Gasteiger partial charge >= 0.3 is 0 Å². The molecule has 2 aliphatic rings. The van der Waals surface area contributed by atoms with Crippen LogP contribution >= 0.6 is 11.3 Å². The Hall–Kier alpha value is -6.49. The van der Waals surface area contributed by atoms with Gasteiger partial charge in [0.15, 0.2) is 17.5 Å². The standard InChI is InChI=1S/C51H37N3S/c1-33-30-46-48(44-32-43(28-29-45(44)55-46)42-19-11-18-41(31-42)35-14-7-3-8-15-35)47(33)51-53-49(39-16-9-4-10-17-39)52-50(54-51)40-26-24-38(25-27-40)37-22-20-36(21-23-37)34-12-5-2-6-13-34/h2-5,7-12,14-33H,6,13H2,1H3. The average Bonchev–Trinajstić information content (AvgIpc) is 3.78. The molecule has 55 heavy (non-hydrogen) atoms. The highest BCUT2D eigenvalue weighted by molar-refractivity contribution is 7.17. The van der Waals surface area contributed by atoms with Gasteiger partial charge in [0, 0.05) is 42.5 Å². The van der Waals surface area contributed by atoms with Crippen molar-refractivity contribution in [2.75, 3.05) is 0 Å². The fourth-order valence-electron chi connectivity index (χ4n) is 7.93. The molecule has 2 heterocycles. The van der Waals surface area contributed by atoms with Crippen molar-refractivity contribution >= 4 is 38.6 Å². The lowest BCUT2D eigenvalue weighted by Crippen LogP contribution is -2.19. The highest BCUT2D eigenvalue weighted by Crippen LogP contribution is 2.33. The molecule has 4 heteroatoms. The lowest BCUT2D eigenvalue weighted by Gasteiger charge is -2.13. The minimum Gasteiger partial charge on any atom is -0.208 e. The van der Waals surface area contributed by atoms with Crippen molar-refractivity contribution in [2.24, 2.45) is 5.92 Å². The molecular formula is C51H37N3S. The smallest absolute Gasteiger partial charge is 0.164 e. The van der Waals surface area contributed by atoms with Gasteiger partial charge in [-0.2, -0.15) is 0 Å². The van der Waals surface area contributed by atoms with E-state index in [2.05, 4.69) is 165 Å². The van der Waals surface area contributed by atoms with E-state index < -0.39 is 0 Å². The summed E-state index contributed by atoms with van der Waals surface area (Å²) in [5.41, 5.74) is 13.0. The summed E-state index contributed by atoms with van der Waals surface area (Å²) in [6.45, 7) is 2.26. The number of hydrogen-bond acceptors (Lipinski definition) is 4. The molecule has 0 amide bonds. The Morgan fingerprint density at radius 2 is 1.04 bits per heavy atom. The summed E-state index contributed by atoms with van der Waals surface area (Å²) in [5, 5.41) is 2.48. The Morgan fingerprint density at radius 1 is 0.509 bits per heavy atom. The van der Waals surface area contributed by atoms with Crippen LogP contribution in [0.5, 0.6) is 0 Å². The number of benzene rings is 6. The third-order valence-electron chi connectivity index (χ3n) is 10.8. The van der Waals surface area contributed by atoms with E-state index >= 15 is 0 Å². The second kappa shape index (κ2) is 14.1. The van der Waals surface area contributed by atoms with Crippen LogP contribution in [0.25, 0.3) is 83.5 Å². The zero-order chi connectivity index (χ0) is 36.7. The van der Waals surface area contributed by atoms with Gasteiger partial charge in [0.2, 0.25) is 0 Å². The van der Waals surface area contributed by atoms with Gasteiger partial charge in [-0.25, -0.2) is 15.0 Å². The van der Waals surface area contributed by atoms with Gasteiger partial charge in [-0.1, -0.05) is 165 Å². The molecule has 0 radical (unpaired) electrons. The minimum absolute atomic E-state index is 0.153. The predicted octanol–water partition coefficient (Wildman–Crippen LogP) is 11.8. The van der Waals surface area contributed by atoms with E-state index in [1.54, 1.807) is 0 Å². The van der Waals surface area contributed by atoms with E-state index in [1.165, 1.54) is 64.4 Å².